The fraction of sp³-hybridized carbons (Fsp3) is 0.350. The number of benzene rings is 2. The van der Waals surface area contributed by atoms with Gasteiger partial charge < -0.3 is 19.9 Å². The van der Waals surface area contributed by atoms with Gasteiger partial charge in [0.1, 0.15) is 5.75 Å². The van der Waals surface area contributed by atoms with E-state index in [2.05, 4.69) is 10.2 Å². The fourth-order valence-electron chi connectivity index (χ4n) is 3.33. The van der Waals surface area contributed by atoms with E-state index in [0.29, 0.717) is 12.2 Å². The van der Waals surface area contributed by atoms with E-state index in [9.17, 15) is 14.9 Å². The molecule has 1 fully saturated rings. The zero-order valence-electron chi connectivity index (χ0n) is 16.1. The van der Waals surface area contributed by atoms with Crippen LogP contribution in [-0.4, -0.2) is 50.7 Å². The molecule has 0 unspecified atom stereocenters. The molecule has 0 bridgehead atoms. The lowest BCUT2D eigenvalue weighted by Crippen LogP contribution is -3.15. The third-order valence-electron chi connectivity index (χ3n) is 5.02. The number of ether oxygens (including phenoxy) is 1. The van der Waals surface area contributed by atoms with Crippen molar-refractivity contribution in [1.29, 1.82) is 0 Å². The number of nitrogens with zero attached hydrogens (tertiary/aromatic N) is 2. The Morgan fingerprint density at radius 2 is 1.89 bits per heavy atom. The monoisotopic (exact) mass is 385 g/mol. The van der Waals surface area contributed by atoms with E-state index in [-0.39, 0.29) is 11.6 Å². The quantitative estimate of drug-likeness (QED) is 0.577. The summed E-state index contributed by atoms with van der Waals surface area (Å²) in [7, 11) is 1.65. The van der Waals surface area contributed by atoms with Crippen molar-refractivity contribution in [3.63, 3.8) is 0 Å². The van der Waals surface area contributed by atoms with Crippen LogP contribution < -0.4 is 19.9 Å². The van der Waals surface area contributed by atoms with Crippen molar-refractivity contribution in [3.8, 4) is 5.75 Å². The van der Waals surface area contributed by atoms with E-state index in [1.165, 1.54) is 17.0 Å². The van der Waals surface area contributed by atoms with E-state index in [4.69, 9.17) is 4.74 Å². The molecule has 8 nitrogen and oxygen atoms in total. The van der Waals surface area contributed by atoms with Gasteiger partial charge in [-0.2, -0.15) is 0 Å². The molecular weight excluding hydrogens is 360 g/mol. The van der Waals surface area contributed by atoms with Crippen LogP contribution in [0.25, 0.3) is 0 Å². The summed E-state index contributed by atoms with van der Waals surface area (Å²) in [5, 5.41) is 13.7. The number of carbonyl (C=O) groups is 1. The molecule has 148 valence electrons. The highest BCUT2D eigenvalue weighted by Crippen LogP contribution is 2.22. The molecule has 0 atom stereocenters. The van der Waals surface area contributed by atoms with E-state index >= 15 is 0 Å². The number of methoxy groups -OCH3 is 1. The van der Waals surface area contributed by atoms with Crippen LogP contribution in [0.1, 0.15) is 5.56 Å². The number of carbonyl (C=O) groups excluding carboxylic acids is 1. The maximum Gasteiger partial charge on any atom is 0.279 e. The molecule has 1 aliphatic heterocycles. The molecule has 0 aromatic heterocycles. The fourth-order valence-corrected chi connectivity index (χ4v) is 3.33. The topological polar surface area (TPSA) is 89.2 Å². The average Bonchev–Trinajstić information content (AvgIpc) is 2.70. The number of piperazine rings is 1. The molecule has 0 saturated carbocycles. The van der Waals surface area contributed by atoms with Gasteiger partial charge in [-0.1, -0.05) is 6.07 Å². The van der Waals surface area contributed by atoms with E-state index in [1.807, 2.05) is 31.2 Å². The molecular formula is C20H25N4O4+. The highest BCUT2D eigenvalue weighted by Gasteiger charge is 2.23. The van der Waals surface area contributed by atoms with Gasteiger partial charge in [0, 0.05) is 17.8 Å². The smallest absolute Gasteiger partial charge is 0.279 e. The van der Waals surface area contributed by atoms with Gasteiger partial charge in [0.05, 0.1) is 43.9 Å². The number of nitro benzene ring substituents is 1. The normalized spacial score (nSPS) is 14.6. The van der Waals surface area contributed by atoms with Crippen molar-refractivity contribution in [2.45, 2.75) is 6.92 Å². The second-order valence-electron chi connectivity index (χ2n) is 6.92. The summed E-state index contributed by atoms with van der Waals surface area (Å²) < 4.78 is 5.19. The minimum absolute atomic E-state index is 0.0265. The minimum atomic E-state index is -0.460. The molecule has 2 aromatic rings. The summed E-state index contributed by atoms with van der Waals surface area (Å²) in [5.41, 5.74) is 2.42. The Hall–Kier alpha value is -3.13. The number of hydrogen-bond acceptors (Lipinski definition) is 5. The molecule has 2 N–H and O–H groups in total. The molecule has 28 heavy (non-hydrogen) atoms. The molecule has 1 heterocycles. The van der Waals surface area contributed by atoms with Crippen LogP contribution in [0.3, 0.4) is 0 Å². The second kappa shape index (κ2) is 8.71. The van der Waals surface area contributed by atoms with Crippen LogP contribution in [-0.2, 0) is 4.79 Å². The molecule has 0 aliphatic carbocycles. The number of hydrogen-bond donors (Lipinski definition) is 2. The van der Waals surface area contributed by atoms with Crippen LogP contribution in [0.5, 0.6) is 5.75 Å². The lowest BCUT2D eigenvalue weighted by Gasteiger charge is -2.33. The molecule has 0 radical (unpaired) electrons. The molecule has 1 amide bonds. The second-order valence-corrected chi connectivity index (χ2v) is 6.92. The Balaban J connectivity index is 1.52. The van der Waals surface area contributed by atoms with Gasteiger partial charge in [0.25, 0.3) is 11.6 Å². The lowest BCUT2D eigenvalue weighted by molar-refractivity contribution is -0.892. The number of nitro groups is 1. The predicted molar refractivity (Wildman–Crippen MR) is 107 cm³/mol. The van der Waals surface area contributed by atoms with Gasteiger partial charge in [-0.05, 0) is 36.8 Å². The number of non-ortho nitro benzene ring substituents is 1. The largest absolute Gasteiger partial charge is 0.497 e. The number of amides is 1. The van der Waals surface area contributed by atoms with Crippen molar-refractivity contribution < 1.29 is 19.4 Å². The van der Waals surface area contributed by atoms with Gasteiger partial charge in [-0.15, -0.1) is 0 Å². The number of quaternary nitrogens is 1. The summed E-state index contributed by atoms with van der Waals surface area (Å²) in [4.78, 5) is 26.4. The first-order chi connectivity index (χ1) is 13.5. The Labute approximate surface area is 163 Å². The highest BCUT2D eigenvalue weighted by atomic mass is 16.6. The summed E-state index contributed by atoms with van der Waals surface area (Å²) in [6.45, 7) is 5.61. The minimum Gasteiger partial charge on any atom is -0.497 e. The van der Waals surface area contributed by atoms with Crippen LogP contribution in [0.2, 0.25) is 0 Å². The van der Waals surface area contributed by atoms with Crippen molar-refractivity contribution in [1.82, 2.24) is 0 Å². The van der Waals surface area contributed by atoms with Gasteiger partial charge in [-0.3, -0.25) is 14.9 Å². The number of nitrogens with one attached hydrogen (secondary N) is 2. The zero-order chi connectivity index (χ0) is 20.1. The third kappa shape index (κ3) is 4.77. The van der Waals surface area contributed by atoms with E-state index in [1.54, 1.807) is 13.2 Å². The van der Waals surface area contributed by atoms with Crippen molar-refractivity contribution >= 4 is 23.0 Å². The lowest BCUT2D eigenvalue weighted by atomic mass is 10.2. The maximum atomic E-state index is 12.4. The molecule has 1 aliphatic rings. The summed E-state index contributed by atoms with van der Waals surface area (Å²) in [5.74, 6) is 0.706. The van der Waals surface area contributed by atoms with Gasteiger partial charge in [0.2, 0.25) is 0 Å². The standard InChI is InChI=1S/C20H24N4O4/c1-15-3-4-17(24(26)27)13-19(15)21-20(25)14-22-9-11-23(12-10-22)16-5-7-18(28-2)8-6-16/h3-8,13H,9-12,14H2,1-2H3,(H,21,25)/p+1. The molecule has 2 aromatic carbocycles. The van der Waals surface area contributed by atoms with Crippen LogP contribution in [0.4, 0.5) is 17.1 Å². The Bertz CT molecular complexity index is 846. The Morgan fingerprint density at radius 1 is 1.21 bits per heavy atom. The van der Waals surface area contributed by atoms with E-state index < -0.39 is 4.92 Å². The SMILES string of the molecule is COc1ccc(N2CC[NH+](CC(=O)Nc3cc([N+](=O)[O-])ccc3C)CC2)cc1. The van der Waals surface area contributed by atoms with Crippen molar-refractivity contribution in [3.05, 3.63) is 58.1 Å². The van der Waals surface area contributed by atoms with E-state index in [0.717, 1.165) is 43.2 Å². The van der Waals surface area contributed by atoms with Crippen molar-refractivity contribution in [2.75, 3.05) is 50.1 Å². The Kier molecular flexibility index (Phi) is 6.10. The molecule has 8 heteroatoms. The highest BCUT2D eigenvalue weighted by molar-refractivity contribution is 5.92. The van der Waals surface area contributed by atoms with Crippen LogP contribution >= 0.6 is 0 Å². The zero-order valence-corrected chi connectivity index (χ0v) is 16.1. The first-order valence-corrected chi connectivity index (χ1v) is 9.23. The first-order valence-electron chi connectivity index (χ1n) is 9.23. The molecule has 0 spiro atoms. The van der Waals surface area contributed by atoms with Crippen molar-refractivity contribution in [2.24, 2.45) is 0 Å². The van der Waals surface area contributed by atoms with Gasteiger partial charge >= 0.3 is 0 Å². The number of rotatable bonds is 6. The van der Waals surface area contributed by atoms with Crippen LogP contribution in [0.15, 0.2) is 42.5 Å². The number of anilines is 2. The number of aryl methyl sites for hydroxylation is 1. The first kappa shape index (κ1) is 19.6. The summed E-state index contributed by atoms with van der Waals surface area (Å²) in [6.07, 6.45) is 0. The predicted octanol–water partition coefficient (Wildman–Crippen LogP) is 1.26. The molecule has 1 saturated heterocycles. The molecule has 3 rings (SSSR count). The summed E-state index contributed by atoms with van der Waals surface area (Å²) >= 11 is 0. The Morgan fingerprint density at radius 3 is 2.50 bits per heavy atom. The average molecular weight is 385 g/mol. The van der Waals surface area contributed by atoms with Gasteiger partial charge in [0.15, 0.2) is 6.54 Å². The summed E-state index contributed by atoms with van der Waals surface area (Å²) in [6, 6.07) is 12.5. The van der Waals surface area contributed by atoms with Crippen LogP contribution in [0, 0.1) is 17.0 Å². The third-order valence-corrected chi connectivity index (χ3v) is 5.02. The van der Waals surface area contributed by atoms with Gasteiger partial charge in [-0.25, -0.2) is 0 Å². The maximum absolute atomic E-state index is 12.4.